The Morgan fingerprint density at radius 3 is 2.33 bits per heavy atom. The number of aromatic nitrogens is 2. The van der Waals surface area contributed by atoms with Gasteiger partial charge in [0.2, 0.25) is 0 Å². The molecule has 0 fully saturated rings. The number of nitrogen functional groups attached to an aromatic ring is 1. The second-order valence-corrected chi connectivity index (χ2v) is 2.97. The molecule has 8 heteroatoms. The minimum atomic E-state index is -3.58. The molecule has 1 heterocycles. The number of rotatable bonds is 2. The first kappa shape index (κ1) is 9.47. The van der Waals surface area contributed by atoms with E-state index in [1.54, 1.807) is 0 Å². The lowest BCUT2D eigenvalue weighted by Crippen LogP contribution is -2.22. The summed E-state index contributed by atoms with van der Waals surface area (Å²) in [6.07, 6.45) is 0. The lowest BCUT2D eigenvalue weighted by molar-refractivity contribution is -0.0165. The Balaban J connectivity index is 2.97. The molecule has 0 aliphatic rings. The molecule has 1 rings (SSSR count). The standard InChI is InChI=1S/C4H3Cl2F2N3O/c5-1(6)4(7,8)2-10-11-3(9)12-2/h1H,(H2,9,11). The molecule has 0 unspecified atom stereocenters. The Morgan fingerprint density at radius 2 is 2.00 bits per heavy atom. The number of nitrogens with two attached hydrogens (primary N) is 1. The van der Waals surface area contributed by atoms with Crippen molar-refractivity contribution >= 4 is 29.2 Å². The molecule has 4 nitrogen and oxygen atoms in total. The Bertz CT molecular complexity index is 277. The largest absolute Gasteiger partial charge is 0.402 e. The Hall–Kier alpha value is -0.620. The third kappa shape index (κ3) is 1.59. The van der Waals surface area contributed by atoms with Crippen molar-refractivity contribution in [2.24, 2.45) is 0 Å². The van der Waals surface area contributed by atoms with Crippen LogP contribution in [-0.2, 0) is 5.92 Å². The summed E-state index contributed by atoms with van der Waals surface area (Å²) in [5, 5.41) is 5.98. The highest BCUT2D eigenvalue weighted by atomic mass is 35.5. The minimum absolute atomic E-state index is 0.460. The normalized spacial score (nSPS) is 12.4. The zero-order valence-corrected chi connectivity index (χ0v) is 6.98. The number of anilines is 1. The van der Waals surface area contributed by atoms with Crippen molar-refractivity contribution in [3.8, 4) is 0 Å². The SMILES string of the molecule is Nc1nnc(C(F)(F)C(Cl)Cl)o1. The summed E-state index contributed by atoms with van der Waals surface area (Å²) >= 11 is 9.92. The fourth-order valence-corrected chi connectivity index (χ4v) is 0.649. The Labute approximate surface area is 75.6 Å². The summed E-state index contributed by atoms with van der Waals surface area (Å²) in [7, 11) is 0. The van der Waals surface area contributed by atoms with E-state index >= 15 is 0 Å². The maximum atomic E-state index is 12.8. The summed E-state index contributed by atoms with van der Waals surface area (Å²) in [6, 6.07) is -0.460. The third-order valence-electron chi connectivity index (χ3n) is 1.000. The van der Waals surface area contributed by atoms with Gasteiger partial charge in [0.05, 0.1) is 0 Å². The maximum absolute atomic E-state index is 12.8. The van der Waals surface area contributed by atoms with Gasteiger partial charge >= 0.3 is 11.9 Å². The van der Waals surface area contributed by atoms with Crippen LogP contribution in [0, 0.1) is 0 Å². The molecule has 0 saturated heterocycles. The second kappa shape index (κ2) is 3.02. The van der Waals surface area contributed by atoms with Crippen molar-refractivity contribution in [3.05, 3.63) is 5.89 Å². The number of hydrogen-bond donors (Lipinski definition) is 1. The molecule has 0 aromatic carbocycles. The first-order chi connectivity index (χ1) is 5.44. The van der Waals surface area contributed by atoms with E-state index in [2.05, 4.69) is 14.6 Å². The van der Waals surface area contributed by atoms with E-state index in [9.17, 15) is 8.78 Å². The van der Waals surface area contributed by atoms with Crippen LogP contribution in [0.4, 0.5) is 14.8 Å². The van der Waals surface area contributed by atoms with Crippen LogP contribution in [-0.4, -0.2) is 15.0 Å². The van der Waals surface area contributed by atoms with Gasteiger partial charge in [-0.3, -0.25) is 0 Å². The first-order valence-electron chi connectivity index (χ1n) is 2.70. The van der Waals surface area contributed by atoms with Crippen LogP contribution in [0.15, 0.2) is 4.42 Å². The van der Waals surface area contributed by atoms with Crippen molar-refractivity contribution in [3.63, 3.8) is 0 Å². The Morgan fingerprint density at radius 1 is 1.42 bits per heavy atom. The summed E-state index contributed by atoms with van der Waals surface area (Å²) in [5.41, 5.74) is 4.92. The number of nitrogens with zero attached hydrogens (tertiary/aromatic N) is 2. The van der Waals surface area contributed by atoms with Crippen molar-refractivity contribution < 1.29 is 13.2 Å². The van der Waals surface area contributed by atoms with E-state index in [4.69, 9.17) is 28.9 Å². The highest BCUT2D eigenvalue weighted by molar-refractivity contribution is 6.44. The molecule has 0 aliphatic heterocycles. The second-order valence-electron chi connectivity index (χ2n) is 1.87. The molecule has 0 radical (unpaired) electrons. The monoisotopic (exact) mass is 217 g/mol. The summed E-state index contributed by atoms with van der Waals surface area (Å²) in [5.74, 6) is -4.57. The van der Waals surface area contributed by atoms with Gasteiger partial charge in [-0.25, -0.2) is 0 Å². The summed E-state index contributed by atoms with van der Waals surface area (Å²) < 4.78 is 29.8. The first-order valence-corrected chi connectivity index (χ1v) is 3.57. The number of alkyl halides is 4. The van der Waals surface area contributed by atoms with Gasteiger partial charge in [-0.05, 0) is 0 Å². The lowest BCUT2D eigenvalue weighted by atomic mass is 10.4. The number of halogens is 4. The van der Waals surface area contributed by atoms with E-state index in [1.165, 1.54) is 0 Å². The highest BCUT2D eigenvalue weighted by Gasteiger charge is 2.45. The molecule has 1 aromatic heterocycles. The predicted molar refractivity (Wildman–Crippen MR) is 38.1 cm³/mol. The molecule has 12 heavy (non-hydrogen) atoms. The molecule has 1 aromatic rings. The van der Waals surface area contributed by atoms with Gasteiger partial charge in [0.15, 0.2) is 4.84 Å². The molecule has 68 valence electrons. The van der Waals surface area contributed by atoms with Crippen molar-refractivity contribution in [2.45, 2.75) is 10.8 Å². The Kier molecular flexibility index (Phi) is 2.39. The van der Waals surface area contributed by atoms with E-state index in [0.717, 1.165) is 0 Å². The fraction of sp³-hybridized carbons (Fsp3) is 0.500. The van der Waals surface area contributed by atoms with E-state index < -0.39 is 22.7 Å². The van der Waals surface area contributed by atoms with Crippen molar-refractivity contribution in [1.29, 1.82) is 0 Å². The van der Waals surface area contributed by atoms with Gasteiger partial charge in [-0.2, -0.15) is 8.78 Å². The average Bonchev–Trinajstić information content (AvgIpc) is 2.35. The topological polar surface area (TPSA) is 64.9 Å². The zero-order chi connectivity index (χ0) is 9.35. The van der Waals surface area contributed by atoms with Crippen LogP contribution in [0.25, 0.3) is 0 Å². The summed E-state index contributed by atoms with van der Waals surface area (Å²) in [4.78, 5) is -1.95. The fourth-order valence-electron chi connectivity index (χ4n) is 0.463. The molecule has 0 saturated carbocycles. The molecule has 0 aliphatic carbocycles. The molecular formula is C4H3Cl2F2N3O. The lowest BCUT2D eigenvalue weighted by Gasteiger charge is -2.11. The minimum Gasteiger partial charge on any atom is -0.402 e. The van der Waals surface area contributed by atoms with Gasteiger partial charge in [0.1, 0.15) is 0 Å². The molecule has 0 amide bonds. The van der Waals surface area contributed by atoms with Crippen LogP contribution in [0.1, 0.15) is 5.89 Å². The maximum Gasteiger partial charge on any atom is 0.353 e. The average molecular weight is 218 g/mol. The molecule has 2 N–H and O–H groups in total. The van der Waals surface area contributed by atoms with Crippen molar-refractivity contribution in [1.82, 2.24) is 10.2 Å². The van der Waals surface area contributed by atoms with Gasteiger partial charge in [0.25, 0.3) is 5.89 Å². The zero-order valence-electron chi connectivity index (χ0n) is 5.47. The summed E-state index contributed by atoms with van der Waals surface area (Å²) in [6.45, 7) is 0. The molecule has 0 atom stereocenters. The van der Waals surface area contributed by atoms with Crippen LogP contribution < -0.4 is 5.73 Å². The van der Waals surface area contributed by atoms with Crippen LogP contribution in [0.5, 0.6) is 0 Å². The molecule has 0 bridgehead atoms. The number of hydrogen-bond acceptors (Lipinski definition) is 4. The predicted octanol–water partition coefficient (Wildman–Crippen LogP) is 1.55. The van der Waals surface area contributed by atoms with Gasteiger partial charge in [-0.15, -0.1) is 5.10 Å². The highest BCUT2D eigenvalue weighted by Crippen LogP contribution is 2.36. The van der Waals surface area contributed by atoms with E-state index in [-0.39, 0.29) is 0 Å². The van der Waals surface area contributed by atoms with Gasteiger partial charge < -0.3 is 10.2 Å². The van der Waals surface area contributed by atoms with Crippen LogP contribution in [0.2, 0.25) is 0 Å². The van der Waals surface area contributed by atoms with E-state index in [1.807, 2.05) is 0 Å². The van der Waals surface area contributed by atoms with Crippen LogP contribution >= 0.6 is 23.2 Å². The van der Waals surface area contributed by atoms with Crippen LogP contribution in [0.3, 0.4) is 0 Å². The quantitative estimate of drug-likeness (QED) is 0.764. The van der Waals surface area contributed by atoms with Crippen molar-refractivity contribution in [2.75, 3.05) is 5.73 Å². The molecule has 0 spiro atoms. The van der Waals surface area contributed by atoms with Gasteiger partial charge in [-0.1, -0.05) is 28.3 Å². The smallest absolute Gasteiger partial charge is 0.353 e. The van der Waals surface area contributed by atoms with Gasteiger partial charge in [0, 0.05) is 0 Å². The molecular weight excluding hydrogens is 215 g/mol. The van der Waals surface area contributed by atoms with E-state index in [0.29, 0.717) is 0 Å². The third-order valence-corrected chi connectivity index (χ3v) is 1.55.